The molecule has 96 valence electrons. The van der Waals surface area contributed by atoms with Gasteiger partial charge in [-0.3, -0.25) is 0 Å². The van der Waals surface area contributed by atoms with Gasteiger partial charge in [0.2, 0.25) is 0 Å². The van der Waals surface area contributed by atoms with Crippen LogP contribution in [0.15, 0.2) is 0 Å². The van der Waals surface area contributed by atoms with E-state index in [0.29, 0.717) is 22.5 Å². The minimum atomic E-state index is -1.57. The first kappa shape index (κ1) is 14.5. The zero-order valence-corrected chi connectivity index (χ0v) is 13.1. The summed E-state index contributed by atoms with van der Waals surface area (Å²) in [5.41, 5.74) is 5.74. The molecule has 0 spiro atoms. The lowest BCUT2D eigenvalue weighted by molar-refractivity contribution is -0.108. The van der Waals surface area contributed by atoms with E-state index >= 15 is 0 Å². The van der Waals surface area contributed by atoms with Gasteiger partial charge in [-0.2, -0.15) is 0 Å². The molecule has 17 heavy (non-hydrogen) atoms. The maximum absolute atomic E-state index is 10.6. The first-order chi connectivity index (χ1) is 7.86. The van der Waals surface area contributed by atoms with E-state index in [1.54, 1.807) is 0 Å². The van der Waals surface area contributed by atoms with Crippen LogP contribution in [-0.2, 0) is 4.79 Å². The van der Waals surface area contributed by atoms with Crippen LogP contribution in [0.25, 0.3) is 0 Å². The summed E-state index contributed by atoms with van der Waals surface area (Å²) in [4.78, 5) is 10.6. The summed E-state index contributed by atoms with van der Waals surface area (Å²) in [5.74, 6) is 4.03. The third-order valence-electron chi connectivity index (χ3n) is 4.35. The van der Waals surface area contributed by atoms with E-state index in [2.05, 4.69) is 53.0 Å². The van der Waals surface area contributed by atoms with Gasteiger partial charge in [-0.25, -0.2) is 0 Å². The minimum Gasteiger partial charge on any atom is -0.303 e. The van der Waals surface area contributed by atoms with E-state index in [1.165, 1.54) is 0 Å². The smallest absolute Gasteiger partial charge is 0.145 e. The van der Waals surface area contributed by atoms with Gasteiger partial charge in [0.1, 0.15) is 14.4 Å². The Morgan fingerprint density at radius 3 is 1.82 bits per heavy atom. The molecule has 1 nitrogen and oxygen atoms in total. The van der Waals surface area contributed by atoms with Crippen LogP contribution in [0.2, 0.25) is 16.6 Å². The van der Waals surface area contributed by atoms with Crippen LogP contribution in [0, 0.1) is 23.3 Å². The quantitative estimate of drug-likeness (QED) is 0.418. The Morgan fingerprint density at radius 1 is 1.06 bits per heavy atom. The third kappa shape index (κ3) is 2.82. The Labute approximate surface area is 107 Å². The Balaban J connectivity index is 2.94. The van der Waals surface area contributed by atoms with E-state index in [1.807, 2.05) is 0 Å². The average molecular weight is 250 g/mol. The van der Waals surface area contributed by atoms with E-state index < -0.39 is 8.07 Å². The molecule has 1 rings (SSSR count). The fourth-order valence-electron chi connectivity index (χ4n) is 3.18. The summed E-state index contributed by atoms with van der Waals surface area (Å²) in [6.45, 7) is 13.9. The third-order valence-corrected chi connectivity index (χ3v) is 10.7. The first-order valence-electron chi connectivity index (χ1n) is 6.84. The van der Waals surface area contributed by atoms with E-state index in [4.69, 9.17) is 0 Å². The highest BCUT2D eigenvalue weighted by Gasteiger charge is 2.43. The Morgan fingerprint density at radius 2 is 1.53 bits per heavy atom. The van der Waals surface area contributed by atoms with Gasteiger partial charge in [-0.15, -0.1) is 11.5 Å². The normalized spacial score (nSPS) is 23.8. The summed E-state index contributed by atoms with van der Waals surface area (Å²) in [5, 5.41) is 0. The number of carbonyl (C=O) groups excluding carboxylic acids is 1. The zero-order valence-electron chi connectivity index (χ0n) is 12.1. The summed E-state index contributed by atoms with van der Waals surface area (Å²) in [6.07, 6.45) is 2.07. The number of hydrogen-bond acceptors (Lipinski definition) is 1. The Kier molecular flexibility index (Phi) is 4.60. The molecule has 2 atom stereocenters. The number of carbonyl (C=O) groups is 1. The van der Waals surface area contributed by atoms with Gasteiger partial charge in [0, 0.05) is 11.8 Å². The molecular formula is C15H26OSi. The predicted octanol–water partition coefficient (Wildman–Crippen LogP) is 4.04. The first-order valence-corrected chi connectivity index (χ1v) is 9.07. The summed E-state index contributed by atoms with van der Waals surface area (Å²) in [6, 6.07) is 0. The summed E-state index contributed by atoms with van der Waals surface area (Å²) < 4.78 is 0. The van der Waals surface area contributed by atoms with Gasteiger partial charge < -0.3 is 4.79 Å². The van der Waals surface area contributed by atoms with Crippen LogP contribution in [0.3, 0.4) is 0 Å². The lowest BCUT2D eigenvalue weighted by atomic mass is 10.3. The van der Waals surface area contributed by atoms with Gasteiger partial charge in [0.05, 0.1) is 0 Å². The lowest BCUT2D eigenvalue weighted by Gasteiger charge is -2.38. The van der Waals surface area contributed by atoms with E-state index in [-0.39, 0.29) is 5.92 Å². The second-order valence-electron chi connectivity index (χ2n) is 6.31. The molecule has 0 N–H and O–H groups in total. The van der Waals surface area contributed by atoms with Crippen molar-refractivity contribution in [2.45, 2.75) is 64.6 Å². The molecule has 0 radical (unpaired) electrons. The summed E-state index contributed by atoms with van der Waals surface area (Å²) >= 11 is 0. The van der Waals surface area contributed by atoms with Crippen LogP contribution in [0.4, 0.5) is 0 Å². The highest BCUT2D eigenvalue weighted by molar-refractivity contribution is 6.90. The maximum atomic E-state index is 10.6. The van der Waals surface area contributed by atoms with Crippen LogP contribution >= 0.6 is 0 Å². The van der Waals surface area contributed by atoms with Crippen molar-refractivity contribution >= 4 is 14.4 Å². The summed E-state index contributed by atoms with van der Waals surface area (Å²) in [7, 11) is -1.57. The molecule has 0 saturated heterocycles. The lowest BCUT2D eigenvalue weighted by Crippen LogP contribution is -2.43. The van der Waals surface area contributed by atoms with E-state index in [0.717, 1.165) is 12.7 Å². The van der Waals surface area contributed by atoms with Crippen molar-refractivity contribution in [1.82, 2.24) is 0 Å². The molecule has 0 amide bonds. The fraction of sp³-hybridized carbons (Fsp3) is 0.800. The second-order valence-corrected chi connectivity index (χ2v) is 11.9. The molecule has 2 heteroatoms. The average Bonchev–Trinajstić information content (AvgIpc) is 2.95. The molecule has 0 aromatic heterocycles. The largest absolute Gasteiger partial charge is 0.303 e. The van der Waals surface area contributed by atoms with Crippen molar-refractivity contribution in [2.75, 3.05) is 0 Å². The number of aldehydes is 1. The number of rotatable bonds is 4. The van der Waals surface area contributed by atoms with Gasteiger partial charge in [0.25, 0.3) is 0 Å². The molecule has 0 aromatic rings. The van der Waals surface area contributed by atoms with Crippen LogP contribution in [0.1, 0.15) is 48.0 Å². The maximum Gasteiger partial charge on any atom is 0.145 e. The minimum absolute atomic E-state index is 0.237. The van der Waals surface area contributed by atoms with Crippen molar-refractivity contribution in [3.8, 4) is 11.5 Å². The molecule has 0 aliphatic heterocycles. The Hall–Kier alpha value is -0.553. The molecular weight excluding hydrogens is 224 g/mol. The highest BCUT2D eigenvalue weighted by Crippen LogP contribution is 2.42. The van der Waals surface area contributed by atoms with Gasteiger partial charge in [0.15, 0.2) is 0 Å². The highest BCUT2D eigenvalue weighted by atomic mass is 28.3. The van der Waals surface area contributed by atoms with Crippen molar-refractivity contribution in [1.29, 1.82) is 0 Å². The molecule has 1 fully saturated rings. The molecule has 1 aliphatic carbocycles. The van der Waals surface area contributed by atoms with Crippen molar-refractivity contribution in [2.24, 2.45) is 11.8 Å². The standard InChI is InChI=1S/C15H26OSi/c1-11(2)17(12(3)4,13(5)6)8-7-14-9-15(14)10-16/h10-15H,9H2,1-6H3. The van der Waals surface area contributed by atoms with Crippen molar-refractivity contribution < 1.29 is 4.79 Å². The van der Waals surface area contributed by atoms with Crippen LogP contribution in [-0.4, -0.2) is 14.4 Å². The predicted molar refractivity (Wildman–Crippen MR) is 76.5 cm³/mol. The van der Waals surface area contributed by atoms with Crippen LogP contribution < -0.4 is 0 Å². The van der Waals surface area contributed by atoms with Crippen molar-refractivity contribution in [3.05, 3.63) is 0 Å². The SMILES string of the molecule is CC(C)[Si](C#CC1CC1C=O)(C(C)C)C(C)C. The zero-order chi connectivity index (χ0) is 13.2. The fourth-order valence-corrected chi connectivity index (χ4v) is 8.48. The number of hydrogen-bond donors (Lipinski definition) is 0. The van der Waals surface area contributed by atoms with Crippen molar-refractivity contribution in [3.63, 3.8) is 0 Å². The molecule has 1 saturated carbocycles. The van der Waals surface area contributed by atoms with Gasteiger partial charge in [-0.1, -0.05) is 41.5 Å². The van der Waals surface area contributed by atoms with E-state index in [9.17, 15) is 4.79 Å². The van der Waals surface area contributed by atoms with Crippen LogP contribution in [0.5, 0.6) is 0 Å². The molecule has 0 heterocycles. The monoisotopic (exact) mass is 250 g/mol. The second kappa shape index (κ2) is 5.39. The topological polar surface area (TPSA) is 17.1 Å². The molecule has 0 aromatic carbocycles. The van der Waals surface area contributed by atoms with Gasteiger partial charge in [-0.05, 0) is 23.0 Å². The molecule has 1 aliphatic rings. The Bertz CT molecular complexity index is 311. The molecule has 2 unspecified atom stereocenters. The van der Waals surface area contributed by atoms with Gasteiger partial charge >= 0.3 is 0 Å². The molecule has 0 bridgehead atoms.